The Kier molecular flexibility index (Phi) is 3.76. The molecule has 1 heterocycles. The largest absolute Gasteiger partial charge is 0.462 e. The van der Waals surface area contributed by atoms with E-state index in [2.05, 4.69) is 4.90 Å². The van der Waals surface area contributed by atoms with E-state index in [0.717, 1.165) is 31.6 Å². The number of nitrogen functional groups attached to an aromatic ring is 1. The van der Waals surface area contributed by atoms with Crippen LogP contribution in [0.4, 0.5) is 11.4 Å². The molecule has 5 heteroatoms. The first-order valence-electron chi connectivity index (χ1n) is 7.59. The van der Waals surface area contributed by atoms with Crippen molar-refractivity contribution in [1.82, 2.24) is 0 Å². The van der Waals surface area contributed by atoms with Crippen LogP contribution in [0.15, 0.2) is 18.2 Å². The van der Waals surface area contributed by atoms with Gasteiger partial charge in [-0.05, 0) is 43.9 Å². The molecule has 1 saturated heterocycles. The zero-order valence-electron chi connectivity index (χ0n) is 12.3. The molecule has 0 radical (unpaired) electrons. The molecule has 0 aromatic heterocycles. The van der Waals surface area contributed by atoms with Gasteiger partial charge in [0.2, 0.25) is 0 Å². The molecule has 2 aliphatic rings. The summed E-state index contributed by atoms with van der Waals surface area (Å²) in [6.45, 7) is 3.90. The van der Waals surface area contributed by atoms with Crippen LogP contribution in [-0.4, -0.2) is 36.9 Å². The summed E-state index contributed by atoms with van der Waals surface area (Å²) in [5, 5.41) is 10.0. The van der Waals surface area contributed by atoms with Gasteiger partial charge in [0.1, 0.15) is 0 Å². The van der Waals surface area contributed by atoms with E-state index in [0.29, 0.717) is 29.7 Å². The van der Waals surface area contributed by atoms with Crippen molar-refractivity contribution in [2.75, 3.05) is 30.3 Å². The molecule has 0 bridgehead atoms. The van der Waals surface area contributed by atoms with Gasteiger partial charge in [0.25, 0.3) is 0 Å². The molecule has 3 atom stereocenters. The fraction of sp³-hybridized carbons (Fsp3) is 0.562. The first-order chi connectivity index (χ1) is 10.1. The fourth-order valence-corrected chi connectivity index (χ4v) is 3.57. The van der Waals surface area contributed by atoms with Gasteiger partial charge in [-0.2, -0.15) is 0 Å². The number of ether oxygens (including phenoxy) is 1. The van der Waals surface area contributed by atoms with E-state index in [1.807, 2.05) is 6.07 Å². The SMILES string of the molecule is CCOC(=O)c1cc(N2CC3CCC(O)C3C2)ccc1N. The van der Waals surface area contributed by atoms with Gasteiger partial charge in [-0.3, -0.25) is 0 Å². The number of anilines is 2. The van der Waals surface area contributed by atoms with Gasteiger partial charge in [-0.15, -0.1) is 0 Å². The van der Waals surface area contributed by atoms with Crippen molar-refractivity contribution < 1.29 is 14.6 Å². The third-order valence-corrected chi connectivity index (χ3v) is 4.72. The highest BCUT2D eigenvalue weighted by Gasteiger charge is 2.41. The summed E-state index contributed by atoms with van der Waals surface area (Å²) in [7, 11) is 0. The van der Waals surface area contributed by atoms with Gasteiger partial charge in [-0.25, -0.2) is 4.79 Å². The molecule has 3 N–H and O–H groups in total. The number of rotatable bonds is 3. The Hall–Kier alpha value is -1.75. The van der Waals surface area contributed by atoms with E-state index in [4.69, 9.17) is 10.5 Å². The van der Waals surface area contributed by atoms with Crippen LogP contribution in [0.1, 0.15) is 30.1 Å². The lowest BCUT2D eigenvalue weighted by Crippen LogP contribution is -2.24. The topological polar surface area (TPSA) is 75.8 Å². The van der Waals surface area contributed by atoms with Gasteiger partial charge < -0.3 is 20.5 Å². The van der Waals surface area contributed by atoms with Crippen molar-refractivity contribution in [1.29, 1.82) is 0 Å². The molecule has 5 nitrogen and oxygen atoms in total. The second kappa shape index (κ2) is 5.56. The first-order valence-corrected chi connectivity index (χ1v) is 7.59. The molecule has 3 rings (SSSR count). The Morgan fingerprint density at radius 1 is 1.43 bits per heavy atom. The summed E-state index contributed by atoms with van der Waals surface area (Å²) in [5.41, 5.74) is 7.72. The molecular weight excluding hydrogens is 268 g/mol. The molecule has 1 aliphatic heterocycles. The molecule has 0 amide bonds. The number of carbonyl (C=O) groups is 1. The second-order valence-corrected chi connectivity index (χ2v) is 5.97. The van der Waals surface area contributed by atoms with E-state index < -0.39 is 0 Å². The molecular formula is C16H22N2O3. The van der Waals surface area contributed by atoms with Gasteiger partial charge in [0, 0.05) is 30.4 Å². The van der Waals surface area contributed by atoms with Gasteiger partial charge in [0.05, 0.1) is 18.3 Å². The third-order valence-electron chi connectivity index (χ3n) is 4.72. The standard InChI is InChI=1S/C16H22N2O3/c1-2-21-16(20)12-7-11(4-5-14(12)17)18-8-10-3-6-15(19)13(10)9-18/h4-5,7,10,13,15,19H,2-3,6,8-9,17H2,1H3. The smallest absolute Gasteiger partial charge is 0.340 e. The minimum absolute atomic E-state index is 0.182. The summed E-state index contributed by atoms with van der Waals surface area (Å²) < 4.78 is 5.04. The maximum atomic E-state index is 11.9. The van der Waals surface area contributed by atoms with Crippen LogP contribution in [0.5, 0.6) is 0 Å². The zero-order chi connectivity index (χ0) is 15.0. The van der Waals surface area contributed by atoms with Crippen LogP contribution < -0.4 is 10.6 Å². The highest BCUT2D eigenvalue weighted by molar-refractivity contribution is 5.96. The van der Waals surface area contributed by atoms with Crippen molar-refractivity contribution in [2.24, 2.45) is 11.8 Å². The van der Waals surface area contributed by atoms with E-state index in [1.54, 1.807) is 19.1 Å². The van der Waals surface area contributed by atoms with Crippen LogP contribution >= 0.6 is 0 Å². The predicted octanol–water partition coefficient (Wildman–Crippen LogP) is 1.65. The Morgan fingerprint density at radius 3 is 2.95 bits per heavy atom. The number of hydrogen-bond donors (Lipinski definition) is 2. The summed E-state index contributed by atoms with van der Waals surface area (Å²) in [6, 6.07) is 5.50. The Bertz CT molecular complexity index is 546. The Balaban J connectivity index is 1.80. The summed E-state index contributed by atoms with van der Waals surface area (Å²) in [5.74, 6) is 0.536. The third kappa shape index (κ3) is 2.58. The van der Waals surface area contributed by atoms with Crippen molar-refractivity contribution in [2.45, 2.75) is 25.9 Å². The average molecular weight is 290 g/mol. The van der Waals surface area contributed by atoms with E-state index in [-0.39, 0.29) is 12.1 Å². The molecule has 1 aromatic rings. The molecule has 0 spiro atoms. The maximum Gasteiger partial charge on any atom is 0.340 e. The lowest BCUT2D eigenvalue weighted by atomic mass is 10.00. The molecule has 3 unspecified atom stereocenters. The molecule has 1 aromatic carbocycles. The lowest BCUT2D eigenvalue weighted by Gasteiger charge is -2.21. The van der Waals surface area contributed by atoms with E-state index >= 15 is 0 Å². The Labute approximate surface area is 124 Å². The highest BCUT2D eigenvalue weighted by Crippen LogP contribution is 2.40. The van der Waals surface area contributed by atoms with Crippen LogP contribution in [-0.2, 0) is 4.74 Å². The predicted molar refractivity (Wildman–Crippen MR) is 81.2 cm³/mol. The number of benzene rings is 1. The first kappa shape index (κ1) is 14.2. The number of esters is 1. The normalized spacial score (nSPS) is 27.7. The molecule has 21 heavy (non-hydrogen) atoms. The van der Waals surface area contributed by atoms with E-state index in [1.165, 1.54) is 0 Å². The van der Waals surface area contributed by atoms with Gasteiger partial charge >= 0.3 is 5.97 Å². The zero-order valence-corrected chi connectivity index (χ0v) is 12.3. The summed E-state index contributed by atoms with van der Waals surface area (Å²) in [6.07, 6.45) is 1.82. The van der Waals surface area contributed by atoms with Crippen LogP contribution in [0, 0.1) is 11.8 Å². The van der Waals surface area contributed by atoms with Crippen molar-refractivity contribution >= 4 is 17.3 Å². The highest BCUT2D eigenvalue weighted by atomic mass is 16.5. The van der Waals surface area contributed by atoms with Gasteiger partial charge in [0.15, 0.2) is 0 Å². The minimum Gasteiger partial charge on any atom is -0.462 e. The van der Waals surface area contributed by atoms with Crippen molar-refractivity contribution in [3.05, 3.63) is 23.8 Å². The number of fused-ring (bicyclic) bond motifs is 1. The molecule has 1 aliphatic carbocycles. The molecule has 2 fully saturated rings. The maximum absolute atomic E-state index is 11.9. The van der Waals surface area contributed by atoms with Crippen LogP contribution in [0.3, 0.4) is 0 Å². The van der Waals surface area contributed by atoms with Crippen LogP contribution in [0.2, 0.25) is 0 Å². The number of hydrogen-bond acceptors (Lipinski definition) is 5. The monoisotopic (exact) mass is 290 g/mol. The fourth-order valence-electron chi connectivity index (χ4n) is 3.57. The number of nitrogens with zero attached hydrogens (tertiary/aromatic N) is 1. The minimum atomic E-state index is -0.378. The average Bonchev–Trinajstić information content (AvgIpc) is 3.02. The number of aliphatic hydroxyl groups excluding tert-OH is 1. The molecule has 1 saturated carbocycles. The number of carbonyl (C=O) groups excluding carboxylic acids is 1. The van der Waals surface area contributed by atoms with Crippen LogP contribution in [0.25, 0.3) is 0 Å². The number of aliphatic hydroxyl groups is 1. The summed E-state index contributed by atoms with van der Waals surface area (Å²) >= 11 is 0. The molecule has 114 valence electrons. The summed E-state index contributed by atoms with van der Waals surface area (Å²) in [4.78, 5) is 14.2. The lowest BCUT2D eigenvalue weighted by molar-refractivity contribution is 0.0527. The van der Waals surface area contributed by atoms with Crippen molar-refractivity contribution in [3.8, 4) is 0 Å². The number of nitrogens with two attached hydrogens (primary N) is 1. The van der Waals surface area contributed by atoms with Crippen molar-refractivity contribution in [3.63, 3.8) is 0 Å². The second-order valence-electron chi connectivity index (χ2n) is 5.97. The van der Waals surface area contributed by atoms with Gasteiger partial charge in [-0.1, -0.05) is 0 Å². The quantitative estimate of drug-likeness (QED) is 0.654. The van der Waals surface area contributed by atoms with E-state index in [9.17, 15) is 9.90 Å². The Morgan fingerprint density at radius 2 is 2.24 bits per heavy atom.